The van der Waals surface area contributed by atoms with Crippen molar-refractivity contribution in [3.8, 4) is 0 Å². The van der Waals surface area contributed by atoms with Gasteiger partial charge >= 0.3 is 5.97 Å². The number of carbonyl (C=O) groups is 1. The second-order valence-corrected chi connectivity index (χ2v) is 6.04. The molecule has 0 bridgehead atoms. The molecule has 0 saturated carbocycles. The van der Waals surface area contributed by atoms with E-state index in [9.17, 15) is 4.79 Å². The van der Waals surface area contributed by atoms with E-state index in [2.05, 4.69) is 38.1 Å². The van der Waals surface area contributed by atoms with E-state index in [0.717, 1.165) is 24.4 Å². The van der Waals surface area contributed by atoms with Gasteiger partial charge in [0.05, 0.1) is 18.8 Å². The quantitative estimate of drug-likeness (QED) is 0.786. The van der Waals surface area contributed by atoms with Gasteiger partial charge in [-0.05, 0) is 59.6 Å². The molecule has 21 heavy (non-hydrogen) atoms. The maximum atomic E-state index is 12.1. The second-order valence-electron chi connectivity index (χ2n) is 6.04. The molecule has 0 aromatic carbocycles. The van der Waals surface area contributed by atoms with Gasteiger partial charge in [0, 0.05) is 5.69 Å². The summed E-state index contributed by atoms with van der Waals surface area (Å²) in [6.45, 7) is 13.0. The normalized spacial score (nSPS) is 15.6. The molecule has 1 aromatic rings. The van der Waals surface area contributed by atoms with Crippen LogP contribution in [0, 0.1) is 20.8 Å². The first-order valence-corrected chi connectivity index (χ1v) is 7.62. The molecule has 0 amide bonds. The van der Waals surface area contributed by atoms with E-state index in [1.165, 1.54) is 12.7 Å². The molecule has 0 radical (unpaired) electrons. The van der Waals surface area contributed by atoms with E-state index in [1.807, 2.05) is 18.5 Å². The molecule has 0 saturated heterocycles. The average Bonchev–Trinajstić information content (AvgIpc) is 2.71. The predicted molar refractivity (Wildman–Crippen MR) is 84.5 cm³/mol. The summed E-state index contributed by atoms with van der Waals surface area (Å²) < 4.78 is 6.99. The highest BCUT2D eigenvalue weighted by molar-refractivity contribution is 5.80. The van der Waals surface area contributed by atoms with E-state index >= 15 is 0 Å². The summed E-state index contributed by atoms with van der Waals surface area (Å²) in [5.74, 6) is -0.221. The van der Waals surface area contributed by atoms with Gasteiger partial charge in [-0.25, -0.2) is 0 Å². The lowest BCUT2D eigenvalue weighted by atomic mass is 9.93. The van der Waals surface area contributed by atoms with Gasteiger partial charge in [-0.3, -0.25) is 9.48 Å². The van der Waals surface area contributed by atoms with Crippen molar-refractivity contribution >= 4 is 5.97 Å². The molecule has 2 atom stereocenters. The number of nitrogens with one attached hydrogen (secondary N) is 1. The molecule has 0 fully saturated rings. The van der Waals surface area contributed by atoms with Crippen LogP contribution in [0.15, 0.2) is 0 Å². The fraction of sp³-hybridized carbons (Fsp3) is 0.750. The molecular formula is C16H29N3O2. The zero-order chi connectivity index (χ0) is 16.2. The Kier molecular flexibility index (Phi) is 5.96. The molecule has 1 aromatic heterocycles. The first kappa shape index (κ1) is 17.7. The summed E-state index contributed by atoms with van der Waals surface area (Å²) in [6.07, 6.45) is 1.61. The van der Waals surface area contributed by atoms with Crippen LogP contribution in [0.3, 0.4) is 0 Å². The van der Waals surface area contributed by atoms with Crippen molar-refractivity contribution in [3.05, 3.63) is 17.0 Å². The zero-order valence-electron chi connectivity index (χ0n) is 14.4. The van der Waals surface area contributed by atoms with Crippen molar-refractivity contribution < 1.29 is 9.53 Å². The number of hydrogen-bond donors (Lipinski definition) is 1. The number of hydrogen-bond acceptors (Lipinski definition) is 4. The van der Waals surface area contributed by atoms with Crippen LogP contribution < -0.4 is 5.32 Å². The summed E-state index contributed by atoms with van der Waals surface area (Å²) in [4.78, 5) is 12.1. The molecule has 0 aliphatic heterocycles. The fourth-order valence-corrected chi connectivity index (χ4v) is 2.71. The molecule has 2 unspecified atom stereocenters. The Bertz CT molecular complexity index is 496. The van der Waals surface area contributed by atoms with Gasteiger partial charge < -0.3 is 10.1 Å². The Morgan fingerprint density at radius 2 is 2.05 bits per heavy atom. The molecule has 0 aliphatic carbocycles. The maximum Gasteiger partial charge on any atom is 0.325 e. The third-order valence-electron chi connectivity index (χ3n) is 4.21. The van der Waals surface area contributed by atoms with Crippen LogP contribution in [0.4, 0.5) is 0 Å². The van der Waals surface area contributed by atoms with Gasteiger partial charge in [0.15, 0.2) is 0 Å². The maximum absolute atomic E-state index is 12.1. The average molecular weight is 295 g/mol. The Balaban J connectivity index is 2.97. The van der Waals surface area contributed by atoms with E-state index in [0.29, 0.717) is 6.42 Å². The Labute approximate surface area is 128 Å². The number of aromatic nitrogens is 2. The van der Waals surface area contributed by atoms with Gasteiger partial charge in [-0.15, -0.1) is 0 Å². The minimum Gasteiger partial charge on any atom is -0.468 e. The molecule has 0 aliphatic rings. The lowest BCUT2D eigenvalue weighted by Crippen LogP contribution is -2.51. The highest BCUT2D eigenvalue weighted by atomic mass is 16.5. The molecule has 0 spiro atoms. The minimum absolute atomic E-state index is 0.117. The van der Waals surface area contributed by atoms with Crippen molar-refractivity contribution in [3.63, 3.8) is 0 Å². The van der Waals surface area contributed by atoms with E-state index < -0.39 is 5.54 Å². The van der Waals surface area contributed by atoms with E-state index in [4.69, 9.17) is 4.74 Å². The largest absolute Gasteiger partial charge is 0.468 e. The highest BCUT2D eigenvalue weighted by Crippen LogP contribution is 2.25. The first-order chi connectivity index (χ1) is 9.76. The summed E-state index contributed by atoms with van der Waals surface area (Å²) >= 11 is 0. The van der Waals surface area contributed by atoms with Crippen molar-refractivity contribution in [2.45, 2.75) is 66.0 Å². The van der Waals surface area contributed by atoms with Crippen molar-refractivity contribution in [2.75, 3.05) is 13.7 Å². The van der Waals surface area contributed by atoms with Gasteiger partial charge in [0.1, 0.15) is 5.54 Å². The Hall–Kier alpha value is -1.36. The van der Waals surface area contributed by atoms with Gasteiger partial charge in [-0.1, -0.05) is 6.92 Å². The van der Waals surface area contributed by atoms with Crippen LogP contribution in [0.25, 0.3) is 0 Å². The fourth-order valence-electron chi connectivity index (χ4n) is 2.71. The number of ether oxygens (including phenoxy) is 1. The number of rotatable bonds is 7. The summed E-state index contributed by atoms with van der Waals surface area (Å²) in [5, 5.41) is 7.92. The van der Waals surface area contributed by atoms with Crippen LogP contribution in [0.5, 0.6) is 0 Å². The number of carbonyl (C=O) groups excluding carboxylic acids is 1. The third-order valence-corrected chi connectivity index (χ3v) is 4.21. The zero-order valence-corrected chi connectivity index (χ0v) is 14.4. The standard InChI is InChI=1S/C16H29N3O2/c1-8-9-17-16(6,15(20)21-7)10-11(2)19-14(5)12(3)13(4)18-19/h11,17H,8-10H2,1-7H3. The number of aryl methyl sites for hydroxylation is 1. The number of methoxy groups -OCH3 is 1. The second kappa shape index (κ2) is 7.07. The molecule has 1 rings (SSSR count). The molecule has 5 heteroatoms. The molecule has 1 N–H and O–H groups in total. The smallest absolute Gasteiger partial charge is 0.325 e. The molecular weight excluding hydrogens is 266 g/mol. The number of esters is 1. The Morgan fingerprint density at radius 3 is 2.48 bits per heavy atom. The van der Waals surface area contributed by atoms with Gasteiger partial charge in [0.2, 0.25) is 0 Å². The first-order valence-electron chi connectivity index (χ1n) is 7.62. The van der Waals surface area contributed by atoms with Crippen LogP contribution in [-0.2, 0) is 9.53 Å². The van der Waals surface area contributed by atoms with Crippen LogP contribution >= 0.6 is 0 Å². The lowest BCUT2D eigenvalue weighted by Gasteiger charge is -2.31. The van der Waals surface area contributed by atoms with Crippen molar-refractivity contribution in [1.82, 2.24) is 15.1 Å². The molecule has 1 heterocycles. The Morgan fingerprint density at radius 1 is 1.43 bits per heavy atom. The summed E-state index contributed by atoms with van der Waals surface area (Å²) in [6, 6.07) is 0.117. The van der Waals surface area contributed by atoms with Crippen molar-refractivity contribution in [1.29, 1.82) is 0 Å². The summed E-state index contributed by atoms with van der Waals surface area (Å²) in [7, 11) is 1.44. The highest BCUT2D eigenvalue weighted by Gasteiger charge is 2.36. The number of nitrogens with zero attached hydrogens (tertiary/aromatic N) is 2. The molecule has 5 nitrogen and oxygen atoms in total. The summed E-state index contributed by atoms with van der Waals surface area (Å²) in [5.41, 5.74) is 2.72. The van der Waals surface area contributed by atoms with Crippen molar-refractivity contribution in [2.24, 2.45) is 0 Å². The monoisotopic (exact) mass is 295 g/mol. The van der Waals surface area contributed by atoms with Gasteiger partial charge in [0.25, 0.3) is 0 Å². The SMILES string of the molecule is CCCNC(C)(CC(C)n1nc(C)c(C)c1C)C(=O)OC. The third kappa shape index (κ3) is 3.84. The van der Waals surface area contributed by atoms with Gasteiger partial charge in [-0.2, -0.15) is 5.10 Å². The predicted octanol–water partition coefficient (Wildman–Crippen LogP) is 2.69. The van der Waals surface area contributed by atoms with Crippen LogP contribution in [-0.4, -0.2) is 34.9 Å². The van der Waals surface area contributed by atoms with E-state index in [-0.39, 0.29) is 12.0 Å². The van der Waals surface area contributed by atoms with Crippen LogP contribution in [0.2, 0.25) is 0 Å². The topological polar surface area (TPSA) is 56.2 Å². The molecule has 120 valence electrons. The minimum atomic E-state index is -0.690. The lowest BCUT2D eigenvalue weighted by molar-refractivity contribution is -0.148. The van der Waals surface area contributed by atoms with E-state index in [1.54, 1.807) is 0 Å². The van der Waals surface area contributed by atoms with Crippen LogP contribution in [0.1, 0.15) is 56.6 Å².